The third-order valence-corrected chi connectivity index (χ3v) is 4.34. The standard InChI is InChI=1S/C15H18N2O3/c18-9-10-6-7-12-13(8-10)17(15(20)16-14(12)19)11-4-2-1-3-5-11/h1-5,10,12-13,18H,6-9H2,(H,16,19,20). The van der Waals surface area contributed by atoms with Gasteiger partial charge in [0.1, 0.15) is 0 Å². The monoisotopic (exact) mass is 274 g/mol. The van der Waals surface area contributed by atoms with E-state index in [1.807, 2.05) is 30.3 Å². The Labute approximate surface area is 117 Å². The number of rotatable bonds is 2. The number of para-hydroxylation sites is 1. The highest BCUT2D eigenvalue weighted by molar-refractivity contribution is 6.07. The molecule has 20 heavy (non-hydrogen) atoms. The Morgan fingerprint density at radius 1 is 1.20 bits per heavy atom. The molecule has 0 spiro atoms. The molecule has 2 aliphatic rings. The number of imide groups is 1. The minimum Gasteiger partial charge on any atom is -0.396 e. The summed E-state index contributed by atoms with van der Waals surface area (Å²) in [6.07, 6.45) is 2.23. The van der Waals surface area contributed by atoms with Gasteiger partial charge in [0.05, 0.1) is 12.0 Å². The SMILES string of the molecule is O=C1NC(=O)N(c2ccccc2)C2CC(CO)CCC12. The van der Waals surface area contributed by atoms with Crippen LogP contribution in [0.3, 0.4) is 0 Å². The van der Waals surface area contributed by atoms with Gasteiger partial charge in [-0.05, 0) is 37.3 Å². The van der Waals surface area contributed by atoms with Crippen molar-refractivity contribution in [3.05, 3.63) is 30.3 Å². The quantitative estimate of drug-likeness (QED) is 0.859. The number of hydrogen-bond acceptors (Lipinski definition) is 3. The van der Waals surface area contributed by atoms with Crippen molar-refractivity contribution >= 4 is 17.6 Å². The van der Waals surface area contributed by atoms with Crippen LogP contribution in [0.5, 0.6) is 0 Å². The van der Waals surface area contributed by atoms with E-state index in [0.29, 0.717) is 6.42 Å². The van der Waals surface area contributed by atoms with Crippen LogP contribution in [0, 0.1) is 11.8 Å². The van der Waals surface area contributed by atoms with E-state index in [9.17, 15) is 14.7 Å². The number of aliphatic hydroxyl groups excluding tert-OH is 1. The van der Waals surface area contributed by atoms with Crippen molar-refractivity contribution in [1.29, 1.82) is 0 Å². The van der Waals surface area contributed by atoms with Gasteiger partial charge in [-0.25, -0.2) is 4.79 Å². The molecule has 3 amide bonds. The highest BCUT2D eigenvalue weighted by atomic mass is 16.3. The maximum Gasteiger partial charge on any atom is 0.328 e. The zero-order valence-electron chi connectivity index (χ0n) is 11.2. The molecule has 0 bridgehead atoms. The summed E-state index contributed by atoms with van der Waals surface area (Å²) >= 11 is 0. The van der Waals surface area contributed by atoms with Gasteiger partial charge in [-0.1, -0.05) is 18.2 Å². The first-order chi connectivity index (χ1) is 9.70. The zero-order chi connectivity index (χ0) is 14.1. The van der Waals surface area contributed by atoms with Gasteiger partial charge < -0.3 is 5.11 Å². The van der Waals surface area contributed by atoms with E-state index >= 15 is 0 Å². The molecule has 3 atom stereocenters. The molecule has 0 radical (unpaired) electrons. The number of hydrogen-bond donors (Lipinski definition) is 2. The molecule has 1 aliphatic carbocycles. The van der Waals surface area contributed by atoms with E-state index in [1.165, 1.54) is 0 Å². The Kier molecular flexibility index (Phi) is 3.44. The Morgan fingerprint density at radius 2 is 1.95 bits per heavy atom. The maximum absolute atomic E-state index is 12.2. The van der Waals surface area contributed by atoms with E-state index in [4.69, 9.17) is 0 Å². The molecule has 5 heteroatoms. The first kappa shape index (κ1) is 13.1. The van der Waals surface area contributed by atoms with E-state index in [1.54, 1.807) is 4.90 Å². The lowest BCUT2D eigenvalue weighted by Gasteiger charge is -2.44. The topological polar surface area (TPSA) is 69.6 Å². The van der Waals surface area contributed by atoms with E-state index in [2.05, 4.69) is 5.32 Å². The smallest absolute Gasteiger partial charge is 0.328 e. The number of nitrogens with zero attached hydrogens (tertiary/aromatic N) is 1. The molecular weight excluding hydrogens is 256 g/mol. The van der Waals surface area contributed by atoms with Gasteiger partial charge in [-0.15, -0.1) is 0 Å². The number of urea groups is 1. The van der Waals surface area contributed by atoms with E-state index < -0.39 is 0 Å². The summed E-state index contributed by atoms with van der Waals surface area (Å²) in [6, 6.07) is 8.88. The predicted molar refractivity (Wildman–Crippen MR) is 74.2 cm³/mol. The largest absolute Gasteiger partial charge is 0.396 e. The van der Waals surface area contributed by atoms with Crippen LogP contribution in [0.2, 0.25) is 0 Å². The van der Waals surface area contributed by atoms with Gasteiger partial charge in [0, 0.05) is 12.3 Å². The fraction of sp³-hybridized carbons (Fsp3) is 0.467. The molecule has 3 unspecified atom stereocenters. The Morgan fingerprint density at radius 3 is 2.65 bits per heavy atom. The molecular formula is C15H18N2O3. The summed E-state index contributed by atoms with van der Waals surface area (Å²) in [6.45, 7) is 0.113. The Bertz CT molecular complexity index is 517. The number of benzene rings is 1. The van der Waals surface area contributed by atoms with Crippen LogP contribution in [0.25, 0.3) is 0 Å². The number of amides is 3. The van der Waals surface area contributed by atoms with E-state index in [0.717, 1.165) is 18.5 Å². The van der Waals surface area contributed by atoms with Gasteiger partial charge in [-0.2, -0.15) is 0 Å². The van der Waals surface area contributed by atoms with Crippen LogP contribution in [-0.2, 0) is 4.79 Å². The van der Waals surface area contributed by atoms with Crippen molar-refractivity contribution in [3.8, 4) is 0 Å². The second-order valence-corrected chi connectivity index (χ2v) is 5.54. The minimum atomic E-state index is -0.360. The Balaban J connectivity index is 1.94. The van der Waals surface area contributed by atoms with Crippen molar-refractivity contribution in [2.75, 3.05) is 11.5 Å². The average molecular weight is 274 g/mol. The number of nitrogens with one attached hydrogen (secondary N) is 1. The van der Waals surface area contributed by atoms with Crippen molar-refractivity contribution in [3.63, 3.8) is 0 Å². The number of fused-ring (bicyclic) bond motifs is 1. The predicted octanol–water partition coefficient (Wildman–Crippen LogP) is 1.52. The number of anilines is 1. The fourth-order valence-electron chi connectivity index (χ4n) is 3.29. The summed E-state index contributed by atoms with van der Waals surface area (Å²) in [4.78, 5) is 25.9. The van der Waals surface area contributed by atoms with Crippen molar-refractivity contribution in [2.45, 2.75) is 25.3 Å². The lowest BCUT2D eigenvalue weighted by atomic mass is 9.76. The van der Waals surface area contributed by atoms with Gasteiger partial charge >= 0.3 is 6.03 Å². The summed E-state index contributed by atoms with van der Waals surface area (Å²) in [5.41, 5.74) is 0.797. The lowest BCUT2D eigenvalue weighted by Crippen LogP contribution is -2.62. The van der Waals surface area contributed by atoms with Gasteiger partial charge in [0.2, 0.25) is 5.91 Å². The summed E-state index contributed by atoms with van der Waals surface area (Å²) < 4.78 is 0. The van der Waals surface area contributed by atoms with Gasteiger partial charge in [-0.3, -0.25) is 15.0 Å². The molecule has 2 N–H and O–H groups in total. The molecule has 1 saturated heterocycles. The molecule has 3 rings (SSSR count). The van der Waals surface area contributed by atoms with Crippen LogP contribution in [0.4, 0.5) is 10.5 Å². The third-order valence-electron chi connectivity index (χ3n) is 4.34. The van der Waals surface area contributed by atoms with E-state index in [-0.39, 0.29) is 36.4 Å². The second-order valence-electron chi connectivity index (χ2n) is 5.54. The molecule has 1 aromatic carbocycles. The van der Waals surface area contributed by atoms with Crippen molar-refractivity contribution < 1.29 is 14.7 Å². The Hall–Kier alpha value is -1.88. The molecule has 106 valence electrons. The van der Waals surface area contributed by atoms with Gasteiger partial charge in [0.15, 0.2) is 0 Å². The van der Waals surface area contributed by atoms with Crippen LogP contribution in [0.15, 0.2) is 30.3 Å². The molecule has 5 nitrogen and oxygen atoms in total. The molecule has 1 heterocycles. The third kappa shape index (κ3) is 2.18. The summed E-state index contributed by atoms with van der Waals surface area (Å²) in [5.74, 6) is -0.180. The summed E-state index contributed by atoms with van der Waals surface area (Å²) in [5, 5.41) is 11.8. The van der Waals surface area contributed by atoms with Crippen LogP contribution in [0.1, 0.15) is 19.3 Å². The summed E-state index contributed by atoms with van der Waals surface area (Å²) in [7, 11) is 0. The van der Waals surface area contributed by atoms with Crippen molar-refractivity contribution in [1.82, 2.24) is 5.32 Å². The molecule has 0 aromatic heterocycles. The molecule has 2 fully saturated rings. The molecule has 1 aromatic rings. The molecule has 1 saturated carbocycles. The van der Waals surface area contributed by atoms with Crippen molar-refractivity contribution in [2.24, 2.45) is 11.8 Å². The average Bonchev–Trinajstić information content (AvgIpc) is 2.47. The van der Waals surface area contributed by atoms with Crippen LogP contribution >= 0.6 is 0 Å². The van der Waals surface area contributed by atoms with Gasteiger partial charge in [0.25, 0.3) is 0 Å². The highest BCUT2D eigenvalue weighted by Gasteiger charge is 2.45. The maximum atomic E-state index is 12.2. The van der Waals surface area contributed by atoms with Crippen LogP contribution < -0.4 is 10.2 Å². The van der Waals surface area contributed by atoms with Crippen LogP contribution in [-0.4, -0.2) is 29.7 Å². The second kappa shape index (κ2) is 5.25. The normalized spacial score (nSPS) is 29.9. The fourth-order valence-corrected chi connectivity index (χ4v) is 3.29. The number of carbonyl (C=O) groups is 2. The lowest BCUT2D eigenvalue weighted by molar-refractivity contribution is -0.126. The molecule has 1 aliphatic heterocycles. The first-order valence-electron chi connectivity index (χ1n) is 7.00. The number of carbonyl (C=O) groups excluding carboxylic acids is 2. The zero-order valence-corrected chi connectivity index (χ0v) is 11.2. The highest BCUT2D eigenvalue weighted by Crippen LogP contribution is 2.36. The minimum absolute atomic E-state index is 0.113. The number of aliphatic hydroxyl groups is 1. The first-order valence-corrected chi connectivity index (χ1v) is 7.00.